The van der Waals surface area contributed by atoms with E-state index >= 15 is 0 Å². The van der Waals surface area contributed by atoms with Crippen LogP contribution in [-0.2, 0) is 6.61 Å². The molecule has 0 aliphatic carbocycles. The van der Waals surface area contributed by atoms with Crippen molar-refractivity contribution in [1.29, 1.82) is 10.5 Å². The molecule has 0 radical (unpaired) electrons. The number of anilines is 1. The topological polar surface area (TPSA) is 123 Å². The van der Waals surface area contributed by atoms with E-state index in [0.717, 1.165) is 0 Å². The lowest BCUT2D eigenvalue weighted by atomic mass is 9.96. The van der Waals surface area contributed by atoms with Crippen LogP contribution >= 0.6 is 0 Å². The summed E-state index contributed by atoms with van der Waals surface area (Å²) in [4.78, 5) is 3.97. The normalized spacial score (nSPS) is 10.0. The van der Waals surface area contributed by atoms with E-state index < -0.39 is 5.82 Å². The molecule has 0 saturated carbocycles. The highest BCUT2D eigenvalue weighted by Gasteiger charge is 2.23. The van der Waals surface area contributed by atoms with Gasteiger partial charge in [0.2, 0.25) is 5.88 Å². The summed E-state index contributed by atoms with van der Waals surface area (Å²) in [6, 6.07) is 12.7. The van der Waals surface area contributed by atoms with Gasteiger partial charge in [0.15, 0.2) is 12.4 Å². The van der Waals surface area contributed by atoms with Crippen LogP contribution in [0.5, 0.6) is 5.88 Å². The average molecular weight is 361 g/mol. The third-order valence-corrected chi connectivity index (χ3v) is 3.77. The highest BCUT2D eigenvalue weighted by atomic mass is 19.1. The molecule has 7 nitrogen and oxygen atoms in total. The average Bonchev–Trinajstić information content (AvgIpc) is 2.66. The maximum Gasteiger partial charge on any atom is 0.234 e. The van der Waals surface area contributed by atoms with Gasteiger partial charge in [-0.3, -0.25) is 0 Å². The van der Waals surface area contributed by atoms with Crippen molar-refractivity contribution in [2.75, 3.05) is 5.73 Å². The Bertz CT molecular complexity index is 1100. The Kier molecular flexibility index (Phi) is 4.82. The monoisotopic (exact) mass is 361 g/mol. The number of nitrogens with two attached hydrogens (primary N) is 1. The van der Waals surface area contributed by atoms with Crippen molar-refractivity contribution in [2.45, 2.75) is 6.61 Å². The minimum absolute atomic E-state index is 0.0209. The number of ether oxygens (including phenoxy) is 1. The first-order chi connectivity index (χ1) is 13.0. The van der Waals surface area contributed by atoms with Gasteiger partial charge in [-0.1, -0.05) is 18.2 Å². The molecule has 8 heteroatoms. The number of aromatic nitrogens is 2. The molecule has 27 heavy (non-hydrogen) atoms. The zero-order valence-corrected chi connectivity index (χ0v) is 13.9. The zero-order valence-electron chi connectivity index (χ0n) is 13.9. The van der Waals surface area contributed by atoms with Crippen molar-refractivity contribution < 1.29 is 13.9 Å². The van der Waals surface area contributed by atoms with E-state index in [-0.39, 0.29) is 40.6 Å². The number of nitriles is 2. The van der Waals surface area contributed by atoms with Crippen molar-refractivity contribution in [3.63, 3.8) is 0 Å². The number of hydrogen-bond acceptors (Lipinski definition) is 6. The number of rotatable bonds is 4. The molecule has 3 rings (SSSR count). The molecule has 0 saturated heterocycles. The van der Waals surface area contributed by atoms with Gasteiger partial charge in [-0.05, 0) is 12.1 Å². The molecule has 0 aliphatic rings. The Morgan fingerprint density at radius 2 is 1.89 bits per heavy atom. The van der Waals surface area contributed by atoms with Crippen molar-refractivity contribution >= 4 is 5.82 Å². The van der Waals surface area contributed by atoms with Gasteiger partial charge in [-0.25, -0.2) is 4.39 Å². The third-order valence-electron chi connectivity index (χ3n) is 3.77. The van der Waals surface area contributed by atoms with Crippen molar-refractivity contribution in [1.82, 2.24) is 4.98 Å². The van der Waals surface area contributed by atoms with E-state index in [1.807, 2.05) is 12.1 Å². The molecular weight excluding hydrogens is 349 g/mol. The highest BCUT2D eigenvalue weighted by Crippen LogP contribution is 2.36. The van der Waals surface area contributed by atoms with Crippen LogP contribution in [0.3, 0.4) is 0 Å². The molecule has 0 atom stereocenters. The van der Waals surface area contributed by atoms with Crippen LogP contribution in [0.15, 0.2) is 48.8 Å². The standard InChI is InChI=1S/C19H12FN5O2/c20-16-6-2-1-5-13(16)17-14(8-21)18(23)24-19(15(17)9-22)27-11-12-4-3-7-25(26)10-12/h1-7,10H,11H2,(H2,23,24). The van der Waals surface area contributed by atoms with Crippen LogP contribution in [0, 0.1) is 33.7 Å². The first-order valence-electron chi connectivity index (χ1n) is 7.74. The molecule has 132 valence electrons. The van der Waals surface area contributed by atoms with E-state index in [9.17, 15) is 20.1 Å². The number of nitrogens with zero attached hydrogens (tertiary/aromatic N) is 4. The second kappa shape index (κ2) is 7.38. The number of benzene rings is 1. The van der Waals surface area contributed by atoms with E-state index in [1.165, 1.54) is 30.6 Å². The Balaban J connectivity index is 2.12. The van der Waals surface area contributed by atoms with Crippen molar-refractivity contribution in [3.8, 4) is 29.1 Å². The summed E-state index contributed by atoms with van der Waals surface area (Å²) in [6.45, 7) is -0.0627. The lowest BCUT2D eigenvalue weighted by molar-refractivity contribution is -0.606. The molecule has 0 unspecified atom stereocenters. The molecule has 2 N–H and O–H groups in total. The largest absolute Gasteiger partial charge is 0.619 e. The molecule has 2 heterocycles. The van der Waals surface area contributed by atoms with Crippen LogP contribution in [-0.4, -0.2) is 4.98 Å². The second-order valence-corrected chi connectivity index (χ2v) is 5.49. The Labute approximate surface area is 153 Å². The van der Waals surface area contributed by atoms with Gasteiger partial charge in [0, 0.05) is 17.2 Å². The first-order valence-corrected chi connectivity index (χ1v) is 7.74. The summed E-state index contributed by atoms with van der Waals surface area (Å²) < 4.78 is 20.5. The molecular formula is C19H12FN5O2. The van der Waals surface area contributed by atoms with Crippen LogP contribution in [0.4, 0.5) is 10.2 Å². The van der Waals surface area contributed by atoms with Gasteiger partial charge < -0.3 is 15.7 Å². The Morgan fingerprint density at radius 3 is 2.56 bits per heavy atom. The van der Waals surface area contributed by atoms with Gasteiger partial charge in [0.25, 0.3) is 0 Å². The highest BCUT2D eigenvalue weighted by molar-refractivity contribution is 5.82. The van der Waals surface area contributed by atoms with Gasteiger partial charge in [-0.2, -0.15) is 20.2 Å². The third kappa shape index (κ3) is 3.46. The number of pyridine rings is 2. The van der Waals surface area contributed by atoms with Crippen molar-refractivity contribution in [2.24, 2.45) is 0 Å². The molecule has 0 amide bonds. The van der Waals surface area contributed by atoms with E-state index in [4.69, 9.17) is 10.5 Å². The molecule has 0 bridgehead atoms. The fourth-order valence-electron chi connectivity index (χ4n) is 2.57. The fourth-order valence-corrected chi connectivity index (χ4v) is 2.57. The van der Waals surface area contributed by atoms with E-state index in [2.05, 4.69) is 4.98 Å². The summed E-state index contributed by atoms with van der Waals surface area (Å²) in [5, 5.41) is 30.4. The maximum absolute atomic E-state index is 14.3. The minimum atomic E-state index is -0.613. The Hall–Kier alpha value is -4.17. The summed E-state index contributed by atoms with van der Waals surface area (Å²) in [6.07, 6.45) is 2.62. The predicted octanol–water partition coefficient (Wildman–Crippen LogP) is 2.43. The SMILES string of the molecule is N#Cc1c(N)nc(OCc2ccc[n+]([O-])c2)c(C#N)c1-c1ccccc1F. The lowest BCUT2D eigenvalue weighted by Gasteiger charge is -2.14. The van der Waals surface area contributed by atoms with Crippen LogP contribution in [0.25, 0.3) is 11.1 Å². The first kappa shape index (κ1) is 17.6. The van der Waals surface area contributed by atoms with Gasteiger partial charge in [0.1, 0.15) is 41.5 Å². The molecule has 0 fully saturated rings. The number of hydrogen-bond donors (Lipinski definition) is 1. The summed E-state index contributed by atoms with van der Waals surface area (Å²) >= 11 is 0. The molecule has 0 spiro atoms. The summed E-state index contributed by atoms with van der Waals surface area (Å²) in [7, 11) is 0. The lowest BCUT2D eigenvalue weighted by Crippen LogP contribution is -2.25. The molecule has 0 aliphatic heterocycles. The van der Waals surface area contributed by atoms with Gasteiger partial charge in [0.05, 0.1) is 5.56 Å². The van der Waals surface area contributed by atoms with Gasteiger partial charge >= 0.3 is 0 Å². The smallest absolute Gasteiger partial charge is 0.234 e. The second-order valence-electron chi connectivity index (χ2n) is 5.49. The molecule has 2 aromatic heterocycles. The van der Waals surface area contributed by atoms with E-state index in [1.54, 1.807) is 18.2 Å². The predicted molar refractivity (Wildman–Crippen MR) is 93.2 cm³/mol. The fraction of sp³-hybridized carbons (Fsp3) is 0.0526. The number of nitrogen functional groups attached to an aromatic ring is 1. The van der Waals surface area contributed by atoms with Crippen LogP contribution < -0.4 is 15.2 Å². The molecule has 1 aromatic carbocycles. The summed E-state index contributed by atoms with van der Waals surface area (Å²) in [5.41, 5.74) is 6.21. The zero-order chi connectivity index (χ0) is 19.4. The quantitative estimate of drug-likeness (QED) is 0.562. The molecule has 3 aromatic rings. The van der Waals surface area contributed by atoms with Crippen LogP contribution in [0.1, 0.15) is 16.7 Å². The van der Waals surface area contributed by atoms with E-state index in [0.29, 0.717) is 10.3 Å². The van der Waals surface area contributed by atoms with Gasteiger partial charge in [-0.15, -0.1) is 0 Å². The summed E-state index contributed by atoms with van der Waals surface area (Å²) in [5.74, 6) is -0.942. The van der Waals surface area contributed by atoms with Crippen LogP contribution in [0.2, 0.25) is 0 Å². The number of halogens is 1. The minimum Gasteiger partial charge on any atom is -0.619 e. The van der Waals surface area contributed by atoms with Crippen molar-refractivity contribution in [3.05, 3.63) is 76.5 Å². The Morgan fingerprint density at radius 1 is 1.15 bits per heavy atom. The maximum atomic E-state index is 14.3.